The summed E-state index contributed by atoms with van der Waals surface area (Å²) in [7, 11) is 0. The number of carbonyl (C=O) groups is 1. The van der Waals surface area contributed by atoms with Crippen LogP contribution in [-0.4, -0.2) is 34.3 Å². The van der Waals surface area contributed by atoms with Crippen LogP contribution in [0.4, 0.5) is 0 Å². The molecule has 0 unspecified atom stereocenters. The highest BCUT2D eigenvalue weighted by molar-refractivity contribution is 5.77. The Morgan fingerprint density at radius 2 is 2.57 bits per heavy atom. The minimum absolute atomic E-state index is 0.00560. The molecule has 0 radical (unpaired) electrons. The molecule has 1 aromatic rings. The van der Waals surface area contributed by atoms with Crippen LogP contribution in [0.1, 0.15) is 18.5 Å². The quantitative estimate of drug-likeness (QED) is 0.747. The van der Waals surface area contributed by atoms with Gasteiger partial charge in [-0.25, -0.2) is 5.06 Å². The van der Waals surface area contributed by atoms with Gasteiger partial charge in [0.15, 0.2) is 0 Å². The highest BCUT2D eigenvalue weighted by Gasteiger charge is 2.17. The fraction of sp³-hybridized carbons (Fsp3) is 0.556. The number of hydrogen-bond donors (Lipinski definition) is 1. The molecule has 1 aromatic heterocycles. The van der Waals surface area contributed by atoms with Crippen LogP contribution in [0, 0.1) is 0 Å². The van der Waals surface area contributed by atoms with Crippen molar-refractivity contribution in [3.8, 4) is 0 Å². The van der Waals surface area contributed by atoms with Crippen LogP contribution in [0.3, 0.4) is 0 Å². The summed E-state index contributed by atoms with van der Waals surface area (Å²) in [6.07, 6.45) is 4.03. The van der Waals surface area contributed by atoms with Crippen molar-refractivity contribution < 1.29 is 9.63 Å². The van der Waals surface area contributed by atoms with Gasteiger partial charge in [0.1, 0.15) is 0 Å². The Morgan fingerprint density at radius 1 is 1.64 bits per heavy atom. The van der Waals surface area contributed by atoms with E-state index in [1.165, 1.54) is 5.06 Å². The molecule has 2 heterocycles. The molecule has 0 saturated carbocycles. The highest BCUT2D eigenvalue weighted by atomic mass is 16.7. The number of H-pyrrole nitrogens is 1. The first kappa shape index (κ1) is 9.21. The van der Waals surface area contributed by atoms with Crippen LogP contribution < -0.4 is 0 Å². The van der Waals surface area contributed by atoms with Gasteiger partial charge in [-0.1, -0.05) is 0 Å². The molecule has 0 spiro atoms. The standard InChI is InChI=1S/C9H13N3O2/c13-9(7-8-3-4-10-11-8)12-5-1-2-6-14-12/h3-4H,1-2,5-7H2,(H,10,11). The van der Waals surface area contributed by atoms with Crippen LogP contribution in [0.2, 0.25) is 0 Å². The minimum Gasteiger partial charge on any atom is -0.282 e. The fourth-order valence-electron chi connectivity index (χ4n) is 1.43. The zero-order valence-corrected chi connectivity index (χ0v) is 7.90. The smallest absolute Gasteiger partial charge is 0.252 e. The molecule has 2 rings (SSSR count). The van der Waals surface area contributed by atoms with Gasteiger partial charge in [0, 0.05) is 18.4 Å². The molecule has 1 amide bonds. The summed E-state index contributed by atoms with van der Waals surface area (Å²) >= 11 is 0. The average Bonchev–Trinajstić information content (AvgIpc) is 2.72. The Bertz CT molecular complexity index is 291. The van der Waals surface area contributed by atoms with Crippen LogP contribution in [0.5, 0.6) is 0 Å². The van der Waals surface area contributed by atoms with Gasteiger partial charge in [0.2, 0.25) is 0 Å². The number of nitrogens with one attached hydrogen (secondary N) is 1. The lowest BCUT2D eigenvalue weighted by Crippen LogP contribution is -2.36. The number of aromatic amines is 1. The number of hydroxylamine groups is 2. The molecular formula is C9H13N3O2. The van der Waals surface area contributed by atoms with Crippen LogP contribution in [0.15, 0.2) is 12.3 Å². The number of aromatic nitrogens is 2. The van der Waals surface area contributed by atoms with E-state index < -0.39 is 0 Å². The summed E-state index contributed by atoms with van der Waals surface area (Å²) in [6, 6.07) is 1.79. The van der Waals surface area contributed by atoms with Crippen molar-refractivity contribution in [2.24, 2.45) is 0 Å². The van der Waals surface area contributed by atoms with Gasteiger partial charge >= 0.3 is 0 Å². The molecule has 1 fully saturated rings. The lowest BCUT2D eigenvalue weighted by molar-refractivity contribution is -0.196. The molecule has 1 N–H and O–H groups in total. The zero-order valence-electron chi connectivity index (χ0n) is 7.90. The predicted molar refractivity (Wildman–Crippen MR) is 49.2 cm³/mol. The molecule has 14 heavy (non-hydrogen) atoms. The molecule has 5 heteroatoms. The van der Waals surface area contributed by atoms with Gasteiger partial charge in [-0.15, -0.1) is 0 Å². The Morgan fingerprint density at radius 3 is 3.21 bits per heavy atom. The van der Waals surface area contributed by atoms with Crippen molar-refractivity contribution in [1.82, 2.24) is 15.3 Å². The van der Waals surface area contributed by atoms with Crippen molar-refractivity contribution >= 4 is 5.91 Å². The van der Waals surface area contributed by atoms with Gasteiger partial charge in [0.05, 0.1) is 13.0 Å². The van der Waals surface area contributed by atoms with Gasteiger partial charge in [0.25, 0.3) is 5.91 Å². The lowest BCUT2D eigenvalue weighted by atomic mass is 10.2. The van der Waals surface area contributed by atoms with E-state index >= 15 is 0 Å². The molecule has 5 nitrogen and oxygen atoms in total. The first-order valence-corrected chi connectivity index (χ1v) is 4.78. The van der Waals surface area contributed by atoms with Gasteiger partial charge < -0.3 is 0 Å². The van der Waals surface area contributed by atoms with Crippen LogP contribution in [-0.2, 0) is 16.1 Å². The third kappa shape index (κ3) is 2.11. The second-order valence-corrected chi connectivity index (χ2v) is 3.29. The molecule has 0 aromatic carbocycles. The number of amides is 1. The van der Waals surface area contributed by atoms with Crippen LogP contribution in [0.25, 0.3) is 0 Å². The molecule has 1 aliphatic rings. The van der Waals surface area contributed by atoms with E-state index in [0.717, 1.165) is 18.5 Å². The fourth-order valence-corrected chi connectivity index (χ4v) is 1.43. The Labute approximate surface area is 82.0 Å². The number of nitrogens with zero attached hydrogens (tertiary/aromatic N) is 2. The summed E-state index contributed by atoms with van der Waals surface area (Å²) in [5, 5.41) is 7.99. The van der Waals surface area contributed by atoms with Gasteiger partial charge in [-0.2, -0.15) is 5.10 Å². The molecule has 0 atom stereocenters. The topological polar surface area (TPSA) is 58.2 Å². The highest BCUT2D eigenvalue weighted by Crippen LogP contribution is 2.07. The Kier molecular flexibility index (Phi) is 2.78. The maximum absolute atomic E-state index is 11.6. The number of carbonyl (C=O) groups excluding carboxylic acids is 1. The molecule has 0 bridgehead atoms. The van der Waals surface area contributed by atoms with E-state index in [2.05, 4.69) is 10.2 Å². The normalized spacial score (nSPS) is 17.0. The predicted octanol–water partition coefficient (Wildman–Crippen LogP) is 0.506. The summed E-state index contributed by atoms with van der Waals surface area (Å²) in [4.78, 5) is 16.9. The molecule has 76 valence electrons. The average molecular weight is 195 g/mol. The van der Waals surface area contributed by atoms with E-state index in [1.807, 2.05) is 0 Å². The summed E-state index contributed by atoms with van der Waals surface area (Å²) in [6.45, 7) is 1.35. The summed E-state index contributed by atoms with van der Waals surface area (Å²) in [5.41, 5.74) is 0.823. The molecule has 1 aliphatic heterocycles. The first-order valence-electron chi connectivity index (χ1n) is 4.78. The van der Waals surface area contributed by atoms with E-state index in [4.69, 9.17) is 4.84 Å². The third-order valence-electron chi connectivity index (χ3n) is 2.18. The Balaban J connectivity index is 1.88. The van der Waals surface area contributed by atoms with Crippen molar-refractivity contribution in [2.75, 3.05) is 13.2 Å². The molecule has 0 aliphatic carbocycles. The third-order valence-corrected chi connectivity index (χ3v) is 2.18. The van der Waals surface area contributed by atoms with E-state index in [9.17, 15) is 4.79 Å². The monoisotopic (exact) mass is 195 g/mol. The zero-order chi connectivity index (χ0) is 9.80. The van der Waals surface area contributed by atoms with Crippen LogP contribution >= 0.6 is 0 Å². The Hall–Kier alpha value is -1.36. The van der Waals surface area contributed by atoms with E-state index in [-0.39, 0.29) is 5.91 Å². The van der Waals surface area contributed by atoms with Crippen molar-refractivity contribution in [2.45, 2.75) is 19.3 Å². The molecule has 1 saturated heterocycles. The SMILES string of the molecule is O=C(Cc1ccn[nH]1)N1CCCCO1. The minimum atomic E-state index is -0.00560. The molecular weight excluding hydrogens is 182 g/mol. The van der Waals surface area contributed by atoms with E-state index in [0.29, 0.717) is 19.6 Å². The second kappa shape index (κ2) is 4.23. The lowest BCUT2D eigenvalue weighted by Gasteiger charge is -2.25. The summed E-state index contributed by atoms with van der Waals surface area (Å²) in [5.74, 6) is -0.00560. The van der Waals surface area contributed by atoms with Crippen molar-refractivity contribution in [3.63, 3.8) is 0 Å². The van der Waals surface area contributed by atoms with Gasteiger partial charge in [-0.3, -0.25) is 14.7 Å². The maximum atomic E-state index is 11.6. The van der Waals surface area contributed by atoms with Crippen molar-refractivity contribution in [3.05, 3.63) is 18.0 Å². The van der Waals surface area contributed by atoms with Gasteiger partial charge in [-0.05, 0) is 18.9 Å². The number of rotatable bonds is 2. The maximum Gasteiger partial charge on any atom is 0.252 e. The van der Waals surface area contributed by atoms with E-state index in [1.54, 1.807) is 12.3 Å². The van der Waals surface area contributed by atoms with Crippen molar-refractivity contribution in [1.29, 1.82) is 0 Å². The summed E-state index contributed by atoms with van der Waals surface area (Å²) < 4.78 is 0. The number of hydrogen-bond acceptors (Lipinski definition) is 3. The largest absolute Gasteiger partial charge is 0.282 e. The second-order valence-electron chi connectivity index (χ2n) is 3.29. The first-order chi connectivity index (χ1) is 6.86.